The number of aromatic carboxylic acids is 1. The fraction of sp³-hybridized carbons (Fsp3) is 0.167. The number of nitrogens with zero attached hydrogens (tertiary/aromatic N) is 1. The van der Waals surface area contributed by atoms with Gasteiger partial charge in [-0.1, -0.05) is 37.3 Å². The van der Waals surface area contributed by atoms with Gasteiger partial charge in [-0.15, -0.1) is 0 Å². The number of hydrogen-bond donors (Lipinski definition) is 2. The highest BCUT2D eigenvalue weighted by atomic mass is 32.1. The van der Waals surface area contributed by atoms with Gasteiger partial charge in [0.25, 0.3) is 5.56 Å². The van der Waals surface area contributed by atoms with Crippen LogP contribution in [0.3, 0.4) is 0 Å². The number of carboxylic acids is 1. The molecule has 6 heteroatoms. The van der Waals surface area contributed by atoms with Gasteiger partial charge in [-0.05, 0) is 41.9 Å². The zero-order valence-corrected chi connectivity index (χ0v) is 13.8. The third-order valence-corrected chi connectivity index (χ3v) is 4.38. The number of H-pyrrole nitrogens is 1. The summed E-state index contributed by atoms with van der Waals surface area (Å²) in [5.41, 5.74) is 1.46. The van der Waals surface area contributed by atoms with Gasteiger partial charge in [-0.3, -0.25) is 9.36 Å². The summed E-state index contributed by atoms with van der Waals surface area (Å²) < 4.78 is 1.81. The third kappa shape index (κ3) is 3.00. The summed E-state index contributed by atoms with van der Waals surface area (Å²) in [7, 11) is 0. The molecule has 24 heavy (non-hydrogen) atoms. The predicted octanol–water partition coefficient (Wildman–Crippen LogP) is 3.56. The maximum atomic E-state index is 12.7. The van der Waals surface area contributed by atoms with Crippen LogP contribution in [0.25, 0.3) is 10.9 Å². The average Bonchev–Trinajstić information content (AvgIpc) is 2.58. The van der Waals surface area contributed by atoms with E-state index in [-0.39, 0.29) is 21.8 Å². The number of carbonyl (C=O) groups is 1. The van der Waals surface area contributed by atoms with Gasteiger partial charge in [0, 0.05) is 6.54 Å². The molecule has 5 nitrogen and oxygen atoms in total. The molecule has 0 aliphatic rings. The first kappa shape index (κ1) is 16.1. The molecule has 1 aromatic heterocycles. The van der Waals surface area contributed by atoms with Crippen LogP contribution in [-0.4, -0.2) is 20.6 Å². The highest BCUT2D eigenvalue weighted by Gasteiger charge is 2.12. The minimum Gasteiger partial charge on any atom is -0.478 e. The van der Waals surface area contributed by atoms with Crippen molar-refractivity contribution in [2.45, 2.75) is 19.4 Å². The van der Waals surface area contributed by atoms with E-state index in [4.69, 9.17) is 17.3 Å². The number of rotatable bonds is 4. The van der Waals surface area contributed by atoms with Crippen LogP contribution in [0.4, 0.5) is 0 Å². The highest BCUT2D eigenvalue weighted by molar-refractivity contribution is 7.71. The van der Waals surface area contributed by atoms with Crippen molar-refractivity contribution in [2.75, 3.05) is 0 Å². The number of aromatic nitrogens is 2. The van der Waals surface area contributed by atoms with Crippen LogP contribution in [-0.2, 0) is 6.54 Å². The Bertz CT molecular complexity index is 1020. The molecule has 0 saturated carbocycles. The largest absolute Gasteiger partial charge is 0.478 e. The summed E-state index contributed by atoms with van der Waals surface area (Å²) >= 11 is 5.30. The molecule has 1 unspecified atom stereocenters. The summed E-state index contributed by atoms with van der Waals surface area (Å²) in [6.45, 7) is 2.49. The summed E-state index contributed by atoms with van der Waals surface area (Å²) in [6.07, 6.45) is 0. The molecule has 3 rings (SSSR count). The van der Waals surface area contributed by atoms with Crippen LogP contribution in [0.2, 0.25) is 0 Å². The van der Waals surface area contributed by atoms with Crippen molar-refractivity contribution in [2.24, 2.45) is 0 Å². The second-order valence-electron chi connectivity index (χ2n) is 5.72. The van der Waals surface area contributed by atoms with E-state index in [1.165, 1.54) is 22.8 Å². The summed E-state index contributed by atoms with van der Waals surface area (Å²) in [4.78, 5) is 26.8. The van der Waals surface area contributed by atoms with Crippen molar-refractivity contribution in [3.8, 4) is 0 Å². The van der Waals surface area contributed by atoms with Crippen molar-refractivity contribution >= 4 is 29.1 Å². The van der Waals surface area contributed by atoms with E-state index in [2.05, 4.69) is 4.98 Å². The average molecular weight is 340 g/mol. The molecular weight excluding hydrogens is 324 g/mol. The predicted molar refractivity (Wildman–Crippen MR) is 95.2 cm³/mol. The number of hydrogen-bond acceptors (Lipinski definition) is 3. The molecule has 1 atom stereocenters. The number of aromatic amines is 1. The van der Waals surface area contributed by atoms with Crippen LogP contribution in [0.1, 0.15) is 28.8 Å². The summed E-state index contributed by atoms with van der Waals surface area (Å²) in [5, 5.41) is 9.48. The summed E-state index contributed by atoms with van der Waals surface area (Å²) in [5.74, 6) is -0.923. The van der Waals surface area contributed by atoms with Gasteiger partial charge in [-0.25, -0.2) is 4.79 Å². The van der Waals surface area contributed by atoms with Crippen molar-refractivity contribution in [3.63, 3.8) is 0 Å². The van der Waals surface area contributed by atoms with Crippen LogP contribution < -0.4 is 5.56 Å². The molecule has 3 aromatic rings. The van der Waals surface area contributed by atoms with Gasteiger partial charge in [0.15, 0.2) is 4.77 Å². The standard InChI is InChI=1S/C18H16N2O3S/c1-11(12-5-3-2-4-6-12)10-20-16(21)14-8-7-13(17(22)23)9-15(14)19-18(20)24/h2-9,11H,10H2,1H3,(H,19,24)(H,22,23). The molecule has 0 amide bonds. The SMILES string of the molecule is CC(Cn1c(=S)[nH]c2cc(C(=O)O)ccc2c1=O)c1ccccc1. The Balaban J connectivity index is 2.06. The minimum absolute atomic E-state index is 0.114. The zero-order chi connectivity index (χ0) is 17.3. The van der Waals surface area contributed by atoms with Crippen molar-refractivity contribution < 1.29 is 9.90 Å². The lowest BCUT2D eigenvalue weighted by Gasteiger charge is -2.15. The van der Waals surface area contributed by atoms with Crippen LogP contribution in [0, 0.1) is 4.77 Å². The van der Waals surface area contributed by atoms with Crippen molar-refractivity contribution in [1.29, 1.82) is 0 Å². The Morgan fingerprint density at radius 2 is 1.96 bits per heavy atom. The number of carboxylic acid groups (broad SMARTS) is 1. The van der Waals surface area contributed by atoms with Gasteiger partial charge >= 0.3 is 5.97 Å². The number of benzene rings is 2. The van der Waals surface area contributed by atoms with Crippen molar-refractivity contribution in [3.05, 3.63) is 74.8 Å². The van der Waals surface area contributed by atoms with Gasteiger partial charge in [0.2, 0.25) is 0 Å². The van der Waals surface area contributed by atoms with E-state index < -0.39 is 5.97 Å². The quantitative estimate of drug-likeness (QED) is 0.712. The van der Waals surface area contributed by atoms with Crippen LogP contribution in [0.15, 0.2) is 53.3 Å². The van der Waals surface area contributed by atoms with E-state index in [9.17, 15) is 9.59 Å². The lowest BCUT2D eigenvalue weighted by molar-refractivity contribution is 0.0697. The Morgan fingerprint density at radius 3 is 2.62 bits per heavy atom. The molecule has 1 heterocycles. The summed E-state index contributed by atoms with van der Waals surface area (Å²) in [6, 6.07) is 14.3. The van der Waals surface area contributed by atoms with Gasteiger partial charge in [0.1, 0.15) is 0 Å². The minimum atomic E-state index is -1.04. The molecule has 0 fully saturated rings. The Labute approximate surface area is 143 Å². The Hall–Kier alpha value is -2.73. The lowest BCUT2D eigenvalue weighted by atomic mass is 10.0. The fourth-order valence-electron chi connectivity index (χ4n) is 2.71. The molecule has 0 aliphatic heterocycles. The maximum Gasteiger partial charge on any atom is 0.335 e. The second kappa shape index (κ2) is 6.41. The van der Waals surface area contributed by atoms with E-state index in [1.54, 1.807) is 0 Å². The van der Waals surface area contributed by atoms with E-state index >= 15 is 0 Å². The maximum absolute atomic E-state index is 12.7. The van der Waals surface area contributed by atoms with E-state index in [1.807, 2.05) is 37.3 Å². The van der Waals surface area contributed by atoms with E-state index in [0.29, 0.717) is 17.4 Å². The van der Waals surface area contributed by atoms with E-state index in [0.717, 1.165) is 5.56 Å². The molecule has 2 N–H and O–H groups in total. The topological polar surface area (TPSA) is 75.1 Å². The lowest BCUT2D eigenvalue weighted by Crippen LogP contribution is -2.24. The molecule has 0 bridgehead atoms. The fourth-order valence-corrected chi connectivity index (χ4v) is 2.98. The molecule has 0 radical (unpaired) electrons. The third-order valence-electron chi connectivity index (χ3n) is 4.05. The molecule has 122 valence electrons. The molecule has 2 aromatic carbocycles. The first-order chi connectivity index (χ1) is 11.5. The monoisotopic (exact) mass is 340 g/mol. The number of nitrogens with one attached hydrogen (secondary N) is 1. The van der Waals surface area contributed by atoms with Crippen molar-refractivity contribution in [1.82, 2.24) is 9.55 Å². The second-order valence-corrected chi connectivity index (χ2v) is 6.11. The first-order valence-corrected chi connectivity index (χ1v) is 7.93. The molecule has 0 spiro atoms. The molecule has 0 aliphatic carbocycles. The van der Waals surface area contributed by atoms with Gasteiger partial charge < -0.3 is 10.1 Å². The van der Waals surface area contributed by atoms with Crippen LogP contribution in [0.5, 0.6) is 0 Å². The first-order valence-electron chi connectivity index (χ1n) is 7.52. The molecular formula is C18H16N2O3S. The highest BCUT2D eigenvalue weighted by Crippen LogP contribution is 2.17. The van der Waals surface area contributed by atoms with Gasteiger partial charge in [-0.2, -0.15) is 0 Å². The zero-order valence-electron chi connectivity index (χ0n) is 13.0. The normalized spacial score (nSPS) is 12.2. The molecule has 0 saturated heterocycles. The number of fused-ring (bicyclic) bond motifs is 1. The van der Waals surface area contributed by atoms with Gasteiger partial charge in [0.05, 0.1) is 16.5 Å². The smallest absolute Gasteiger partial charge is 0.335 e. The Morgan fingerprint density at radius 1 is 1.25 bits per heavy atom. The van der Waals surface area contributed by atoms with Crippen LogP contribution >= 0.6 is 12.2 Å². The Kier molecular flexibility index (Phi) is 4.31.